The summed E-state index contributed by atoms with van der Waals surface area (Å²) >= 11 is 0. The first kappa shape index (κ1) is 32.5. The van der Waals surface area contributed by atoms with Crippen molar-refractivity contribution in [1.29, 1.82) is 0 Å². The molecular weight excluding hydrogens is 564 g/mol. The molecule has 15 atom stereocenters. The van der Waals surface area contributed by atoms with Crippen LogP contribution in [0.25, 0.3) is 0 Å². The summed E-state index contributed by atoms with van der Waals surface area (Å²) in [7, 11) is 0. The first-order chi connectivity index (χ1) is 20.2. The summed E-state index contributed by atoms with van der Waals surface area (Å²) in [6.45, 7) is 3.39. The molecule has 4 saturated carbocycles. The van der Waals surface area contributed by atoms with Gasteiger partial charge in [-0.25, -0.2) is 0 Å². The zero-order valence-electron chi connectivity index (χ0n) is 25.4. The van der Waals surface area contributed by atoms with E-state index in [4.69, 9.17) is 18.9 Å². The van der Waals surface area contributed by atoms with Crippen molar-refractivity contribution in [3.05, 3.63) is 0 Å². The van der Waals surface area contributed by atoms with E-state index in [0.717, 1.165) is 51.4 Å². The van der Waals surface area contributed by atoms with Crippen LogP contribution in [0.1, 0.15) is 71.6 Å². The molecule has 0 aromatic carbocycles. The summed E-state index contributed by atoms with van der Waals surface area (Å²) in [6.07, 6.45) is -0.911. The average molecular weight is 617 g/mol. The summed E-state index contributed by atoms with van der Waals surface area (Å²) in [4.78, 5) is 0. The Hall–Kier alpha value is -0.480. The molecule has 0 radical (unpaired) electrons. The smallest absolute Gasteiger partial charge is 0.186 e. The monoisotopic (exact) mass is 616 g/mol. The first-order valence-electron chi connectivity index (χ1n) is 16.1. The number of hydrogen-bond donors (Lipinski definition) is 8. The van der Waals surface area contributed by atoms with Crippen LogP contribution in [0.2, 0.25) is 0 Å². The van der Waals surface area contributed by atoms with Gasteiger partial charge in [0.2, 0.25) is 0 Å². The third-order valence-electron chi connectivity index (χ3n) is 13.0. The highest BCUT2D eigenvalue weighted by Crippen LogP contribution is 2.72. The van der Waals surface area contributed by atoms with E-state index < -0.39 is 60.9 Å². The van der Waals surface area contributed by atoms with E-state index >= 15 is 0 Å². The largest absolute Gasteiger partial charge is 0.393 e. The third kappa shape index (κ3) is 5.12. The first-order valence-corrected chi connectivity index (χ1v) is 16.1. The van der Waals surface area contributed by atoms with Gasteiger partial charge in [0.25, 0.3) is 0 Å². The van der Waals surface area contributed by atoms with Gasteiger partial charge in [0, 0.05) is 0 Å². The van der Waals surface area contributed by atoms with Gasteiger partial charge in [0.1, 0.15) is 36.1 Å². The molecule has 10 unspecified atom stereocenters. The quantitative estimate of drug-likeness (QED) is 0.173. The maximum Gasteiger partial charge on any atom is 0.186 e. The Kier molecular flexibility index (Phi) is 8.56. The van der Waals surface area contributed by atoms with Crippen LogP contribution in [0.3, 0.4) is 0 Å². The Labute approximate surface area is 252 Å². The predicted molar refractivity (Wildman–Crippen MR) is 149 cm³/mol. The van der Waals surface area contributed by atoms with Crippen LogP contribution in [-0.2, 0) is 18.9 Å². The lowest BCUT2D eigenvalue weighted by molar-refractivity contribution is -0.317. The summed E-state index contributed by atoms with van der Waals surface area (Å²) in [5.41, 5.74) is -2.94. The molecular formula is C31H52O12. The lowest BCUT2D eigenvalue weighted by Crippen LogP contribution is -2.61. The van der Waals surface area contributed by atoms with Crippen molar-refractivity contribution in [3.63, 3.8) is 0 Å². The SMILES string of the molecule is C[C@@]1(COC2OC(COC3OCC(O)(CO)C3O)C(O)C(O)C2O)CCC[C@]2(C)C1CC[C@]13C[C@@H](CCC12)[C@](O)(CO)C3. The van der Waals surface area contributed by atoms with Gasteiger partial charge >= 0.3 is 0 Å². The summed E-state index contributed by atoms with van der Waals surface area (Å²) in [5, 5.41) is 83.1. The summed E-state index contributed by atoms with van der Waals surface area (Å²) < 4.78 is 22.9. The highest BCUT2D eigenvalue weighted by atomic mass is 16.7. The van der Waals surface area contributed by atoms with Crippen LogP contribution in [0, 0.1) is 34.0 Å². The van der Waals surface area contributed by atoms with Crippen LogP contribution in [0.15, 0.2) is 0 Å². The minimum Gasteiger partial charge on any atom is -0.393 e. The van der Waals surface area contributed by atoms with Crippen molar-refractivity contribution in [2.75, 3.05) is 33.0 Å². The van der Waals surface area contributed by atoms with Crippen LogP contribution in [0.4, 0.5) is 0 Å². The van der Waals surface area contributed by atoms with E-state index in [1.54, 1.807) is 0 Å². The van der Waals surface area contributed by atoms with Gasteiger partial charge in [-0.15, -0.1) is 0 Å². The summed E-state index contributed by atoms with van der Waals surface area (Å²) in [6, 6.07) is 0. The number of aliphatic hydroxyl groups is 8. The van der Waals surface area contributed by atoms with Gasteiger partial charge < -0.3 is 59.8 Å². The number of aliphatic hydroxyl groups excluding tert-OH is 6. The topological polar surface area (TPSA) is 199 Å². The number of rotatable bonds is 8. The highest BCUT2D eigenvalue weighted by Gasteiger charge is 2.67. The normalized spacial score (nSPS) is 56.5. The second-order valence-electron chi connectivity index (χ2n) is 15.5. The molecule has 43 heavy (non-hydrogen) atoms. The molecule has 2 aliphatic heterocycles. The molecule has 248 valence electrons. The van der Waals surface area contributed by atoms with Crippen molar-refractivity contribution in [2.24, 2.45) is 34.0 Å². The molecule has 12 heteroatoms. The van der Waals surface area contributed by atoms with E-state index in [9.17, 15) is 40.9 Å². The molecule has 8 N–H and O–H groups in total. The fourth-order valence-electron chi connectivity index (χ4n) is 10.7. The maximum absolute atomic E-state index is 11.3. The minimum atomic E-state index is -1.86. The van der Waals surface area contributed by atoms with Crippen molar-refractivity contribution in [3.8, 4) is 0 Å². The molecule has 2 heterocycles. The van der Waals surface area contributed by atoms with Crippen LogP contribution in [0.5, 0.6) is 0 Å². The second kappa shape index (κ2) is 11.3. The highest BCUT2D eigenvalue weighted by molar-refractivity contribution is 5.17. The van der Waals surface area contributed by atoms with Gasteiger partial charge in [-0.1, -0.05) is 20.3 Å². The van der Waals surface area contributed by atoms with Gasteiger partial charge in [0.05, 0.1) is 38.6 Å². The maximum atomic E-state index is 11.3. The molecule has 0 amide bonds. The fourth-order valence-corrected chi connectivity index (χ4v) is 10.7. The van der Waals surface area contributed by atoms with Crippen LogP contribution >= 0.6 is 0 Å². The number of ether oxygens (including phenoxy) is 4. The van der Waals surface area contributed by atoms with Crippen molar-refractivity contribution in [1.82, 2.24) is 0 Å². The Morgan fingerprint density at radius 3 is 2.23 bits per heavy atom. The molecule has 6 rings (SSSR count). The van der Waals surface area contributed by atoms with Gasteiger partial charge in [0.15, 0.2) is 12.6 Å². The lowest BCUT2D eigenvalue weighted by Gasteiger charge is -2.64. The lowest BCUT2D eigenvalue weighted by atomic mass is 9.41. The molecule has 6 fully saturated rings. The Morgan fingerprint density at radius 2 is 1.53 bits per heavy atom. The van der Waals surface area contributed by atoms with Crippen molar-refractivity contribution in [2.45, 2.75) is 126 Å². The molecule has 4 aliphatic carbocycles. The van der Waals surface area contributed by atoms with Crippen LogP contribution in [-0.4, -0.2) is 128 Å². The van der Waals surface area contributed by atoms with Gasteiger partial charge in [-0.2, -0.15) is 0 Å². The molecule has 2 saturated heterocycles. The standard InChI is InChI=1S/C31H52O12/c1-27(7-3-8-28(2)19(27)6-9-29-10-17(4-5-20(28)29)30(38,12-29)13-32)15-41-25-23(36)22(35)21(34)18(43-25)11-40-26-24(37)31(39,14-33)16-42-26/h17-26,32-39H,3-16H2,1-2H3/t17-,18?,19?,20?,21?,22?,23?,24?,25?,26?,27+,28-,29-,30-,31?/m1/s1. The second-order valence-corrected chi connectivity index (χ2v) is 15.5. The van der Waals surface area contributed by atoms with E-state index in [0.29, 0.717) is 24.9 Å². The minimum absolute atomic E-state index is 0.0526. The molecule has 0 aromatic rings. The predicted octanol–water partition coefficient (Wildman–Crippen LogP) is -0.596. The number of fused-ring (bicyclic) bond motifs is 3. The molecule has 6 aliphatic rings. The Morgan fingerprint density at radius 1 is 0.791 bits per heavy atom. The molecule has 0 aromatic heterocycles. The fraction of sp³-hybridized carbons (Fsp3) is 1.00. The van der Waals surface area contributed by atoms with E-state index in [2.05, 4.69) is 13.8 Å². The van der Waals surface area contributed by atoms with Crippen LogP contribution < -0.4 is 0 Å². The van der Waals surface area contributed by atoms with E-state index in [-0.39, 0.29) is 42.0 Å². The summed E-state index contributed by atoms with van der Waals surface area (Å²) in [5.74, 6) is 0.979. The molecule has 2 bridgehead atoms. The average Bonchev–Trinajstić information content (AvgIpc) is 3.38. The third-order valence-corrected chi connectivity index (χ3v) is 13.0. The molecule has 1 spiro atoms. The molecule has 12 nitrogen and oxygen atoms in total. The Balaban J connectivity index is 1.12. The van der Waals surface area contributed by atoms with E-state index in [1.807, 2.05) is 0 Å². The van der Waals surface area contributed by atoms with Crippen molar-refractivity contribution >= 4 is 0 Å². The zero-order valence-corrected chi connectivity index (χ0v) is 25.4. The van der Waals surface area contributed by atoms with Gasteiger partial charge in [-0.05, 0) is 85.4 Å². The van der Waals surface area contributed by atoms with E-state index in [1.165, 1.54) is 0 Å². The Bertz CT molecular complexity index is 1020. The van der Waals surface area contributed by atoms with Crippen molar-refractivity contribution < 1.29 is 59.8 Å². The zero-order chi connectivity index (χ0) is 31.0. The van der Waals surface area contributed by atoms with Gasteiger partial charge in [-0.3, -0.25) is 0 Å². The number of hydrogen-bond acceptors (Lipinski definition) is 12.